The minimum absolute atomic E-state index is 0.0831. The maximum atomic E-state index is 13.2. The molecule has 0 aliphatic carbocycles. The lowest BCUT2D eigenvalue weighted by Gasteiger charge is -2.35. The molecule has 0 spiro atoms. The molecule has 0 bridgehead atoms. The maximum absolute atomic E-state index is 13.2. The first-order valence-electron chi connectivity index (χ1n) is 18.1. The van der Waals surface area contributed by atoms with Crippen molar-refractivity contribution < 1.29 is 19.2 Å². The van der Waals surface area contributed by atoms with E-state index >= 15 is 0 Å². The van der Waals surface area contributed by atoms with Crippen LogP contribution in [0.4, 0.5) is 0 Å². The van der Waals surface area contributed by atoms with Crippen LogP contribution in [0.25, 0.3) is 0 Å². The van der Waals surface area contributed by atoms with Crippen molar-refractivity contribution in [2.24, 2.45) is 0 Å². The van der Waals surface area contributed by atoms with Gasteiger partial charge in [-0.05, 0) is 19.8 Å². The molecule has 4 nitrogen and oxygen atoms in total. The summed E-state index contributed by atoms with van der Waals surface area (Å²) in [5, 5.41) is 10.5. The van der Waals surface area contributed by atoms with Crippen LogP contribution in [0.5, 0.6) is 0 Å². The van der Waals surface area contributed by atoms with Crippen molar-refractivity contribution in [2.45, 2.75) is 214 Å². The first-order chi connectivity index (χ1) is 19.5. The number of aliphatic hydroxyl groups excluding tert-OH is 1. The number of hydrogen-bond acceptors (Lipinski definition) is 3. The SMILES string of the molecule is CCCCCCCCCCCCCCCC(=O)[N+](CC)(C(=O)CCCCCCCCCCCCCCC)C(C)O. The number of hydrogen-bond donors (Lipinski definition) is 1. The van der Waals surface area contributed by atoms with Gasteiger partial charge in [0.1, 0.15) is 0 Å². The summed E-state index contributed by atoms with van der Waals surface area (Å²) < 4.78 is -0.378. The van der Waals surface area contributed by atoms with Crippen molar-refractivity contribution in [1.29, 1.82) is 0 Å². The van der Waals surface area contributed by atoms with Crippen LogP contribution in [0.1, 0.15) is 207 Å². The number of quaternary nitrogens is 1. The number of carbonyl (C=O) groups is 2. The van der Waals surface area contributed by atoms with Crippen molar-refractivity contribution in [3.63, 3.8) is 0 Å². The standard InChI is InChI=1S/C36H72NO3/c1-5-8-10-12-14-16-18-20-22-24-26-28-30-32-35(39)37(7-3,34(4)38)36(40)33-31-29-27-25-23-21-19-17-15-13-11-9-6-2/h34,38H,5-33H2,1-4H3/q+1. The lowest BCUT2D eigenvalue weighted by molar-refractivity contribution is -0.828. The fraction of sp³-hybridized carbons (Fsp3) is 0.944. The number of carbonyl (C=O) groups excluding carboxylic acids is 2. The quantitative estimate of drug-likeness (QED) is 0.0534. The lowest BCUT2D eigenvalue weighted by Crippen LogP contribution is -2.62. The molecule has 2 amide bonds. The molecule has 0 rings (SSSR count). The van der Waals surface area contributed by atoms with E-state index < -0.39 is 6.23 Å². The van der Waals surface area contributed by atoms with Crippen LogP contribution in [0.2, 0.25) is 0 Å². The van der Waals surface area contributed by atoms with Crippen molar-refractivity contribution in [1.82, 2.24) is 0 Å². The maximum Gasteiger partial charge on any atom is 0.323 e. The third-order valence-electron chi connectivity index (χ3n) is 9.02. The zero-order valence-electron chi connectivity index (χ0n) is 27.8. The third kappa shape index (κ3) is 19.4. The summed E-state index contributed by atoms with van der Waals surface area (Å²) in [5.74, 6) is -0.166. The molecule has 0 radical (unpaired) electrons. The van der Waals surface area contributed by atoms with Gasteiger partial charge in [-0.1, -0.05) is 168 Å². The van der Waals surface area contributed by atoms with Gasteiger partial charge in [-0.2, -0.15) is 4.48 Å². The molecular formula is C36H72NO3+. The minimum atomic E-state index is -0.964. The molecule has 238 valence electrons. The lowest BCUT2D eigenvalue weighted by atomic mass is 10.0. The number of rotatable bonds is 30. The van der Waals surface area contributed by atoms with Crippen LogP contribution < -0.4 is 0 Å². The molecule has 0 aliphatic rings. The Morgan fingerprint density at radius 3 is 0.875 bits per heavy atom. The molecule has 4 heteroatoms. The van der Waals surface area contributed by atoms with Gasteiger partial charge in [-0.3, -0.25) is 0 Å². The van der Waals surface area contributed by atoms with Gasteiger partial charge in [0.2, 0.25) is 6.23 Å². The van der Waals surface area contributed by atoms with Crippen molar-refractivity contribution >= 4 is 11.8 Å². The van der Waals surface area contributed by atoms with E-state index in [1.54, 1.807) is 6.92 Å². The molecule has 0 fully saturated rings. The molecule has 1 atom stereocenters. The Hall–Kier alpha value is -0.740. The largest absolute Gasteiger partial charge is 0.344 e. The molecule has 1 unspecified atom stereocenters. The van der Waals surface area contributed by atoms with Crippen molar-refractivity contribution in [3.05, 3.63) is 0 Å². The molecule has 0 saturated carbocycles. The number of amides is 2. The third-order valence-corrected chi connectivity index (χ3v) is 9.02. The minimum Gasteiger partial charge on any atom is -0.344 e. The van der Waals surface area contributed by atoms with Gasteiger partial charge in [-0.15, -0.1) is 0 Å². The molecule has 40 heavy (non-hydrogen) atoms. The van der Waals surface area contributed by atoms with Gasteiger partial charge in [0.25, 0.3) is 0 Å². The Kier molecular flexibility index (Phi) is 27.9. The van der Waals surface area contributed by atoms with Gasteiger partial charge in [0, 0.05) is 6.92 Å². The number of unbranched alkanes of at least 4 members (excludes halogenated alkanes) is 24. The summed E-state index contributed by atoms with van der Waals surface area (Å²) in [6.45, 7) is 8.38. The van der Waals surface area contributed by atoms with E-state index in [2.05, 4.69) is 13.8 Å². The van der Waals surface area contributed by atoms with E-state index in [4.69, 9.17) is 0 Å². The zero-order chi connectivity index (χ0) is 29.7. The molecule has 1 N–H and O–H groups in total. The Bertz CT molecular complexity index is 532. The van der Waals surface area contributed by atoms with Gasteiger partial charge < -0.3 is 5.11 Å². The highest BCUT2D eigenvalue weighted by Gasteiger charge is 2.45. The molecule has 0 aromatic rings. The first kappa shape index (κ1) is 39.3. The highest BCUT2D eigenvalue weighted by atomic mass is 16.3. The molecule has 0 heterocycles. The van der Waals surface area contributed by atoms with Crippen molar-refractivity contribution in [3.8, 4) is 0 Å². The molecule has 0 aromatic heterocycles. The fourth-order valence-corrected chi connectivity index (χ4v) is 6.16. The second-order valence-electron chi connectivity index (χ2n) is 12.6. The second kappa shape index (κ2) is 28.4. The van der Waals surface area contributed by atoms with E-state index in [1.807, 2.05) is 6.92 Å². The van der Waals surface area contributed by atoms with E-state index in [1.165, 1.54) is 128 Å². The van der Waals surface area contributed by atoms with Crippen LogP contribution in [0.15, 0.2) is 0 Å². The average Bonchev–Trinajstić information content (AvgIpc) is 2.94. The number of nitrogens with zero attached hydrogens (tertiary/aromatic N) is 1. The molecule has 0 aliphatic heterocycles. The van der Waals surface area contributed by atoms with Crippen molar-refractivity contribution in [2.75, 3.05) is 6.54 Å². The first-order valence-corrected chi connectivity index (χ1v) is 18.1. The predicted octanol–water partition coefficient (Wildman–Crippen LogP) is 11.2. The summed E-state index contributed by atoms with van der Waals surface area (Å²) >= 11 is 0. The average molecular weight is 567 g/mol. The van der Waals surface area contributed by atoms with E-state index in [-0.39, 0.29) is 16.3 Å². The Morgan fingerprint density at radius 1 is 0.450 bits per heavy atom. The topological polar surface area (TPSA) is 54.4 Å². The smallest absolute Gasteiger partial charge is 0.323 e. The number of imide groups is 1. The predicted molar refractivity (Wildman–Crippen MR) is 173 cm³/mol. The van der Waals surface area contributed by atoms with Gasteiger partial charge in [-0.25, -0.2) is 9.59 Å². The summed E-state index contributed by atoms with van der Waals surface area (Å²) in [6.07, 6.45) is 32.9. The van der Waals surface area contributed by atoms with Gasteiger partial charge in [0.15, 0.2) is 0 Å². The molecule has 0 saturated heterocycles. The summed E-state index contributed by atoms with van der Waals surface area (Å²) in [5.41, 5.74) is 0. The van der Waals surface area contributed by atoms with Gasteiger partial charge >= 0.3 is 11.8 Å². The van der Waals surface area contributed by atoms with Gasteiger partial charge in [0.05, 0.1) is 19.4 Å². The van der Waals surface area contributed by atoms with E-state index in [0.29, 0.717) is 19.4 Å². The Morgan fingerprint density at radius 2 is 0.675 bits per heavy atom. The summed E-state index contributed by atoms with van der Waals surface area (Å²) in [4.78, 5) is 26.4. The van der Waals surface area contributed by atoms with E-state index in [9.17, 15) is 14.7 Å². The zero-order valence-corrected chi connectivity index (χ0v) is 27.8. The van der Waals surface area contributed by atoms with Crippen LogP contribution in [-0.4, -0.2) is 34.2 Å². The Labute approximate surface area is 251 Å². The summed E-state index contributed by atoms with van der Waals surface area (Å²) in [6, 6.07) is 0. The van der Waals surface area contributed by atoms with Crippen LogP contribution in [0.3, 0.4) is 0 Å². The normalized spacial score (nSPS) is 12.6. The monoisotopic (exact) mass is 567 g/mol. The summed E-state index contributed by atoms with van der Waals surface area (Å²) in [7, 11) is 0. The fourth-order valence-electron chi connectivity index (χ4n) is 6.16. The molecular weight excluding hydrogens is 494 g/mol. The van der Waals surface area contributed by atoms with Crippen LogP contribution >= 0.6 is 0 Å². The Balaban J connectivity index is 4.01. The highest BCUT2D eigenvalue weighted by Crippen LogP contribution is 2.22. The number of aliphatic hydroxyl groups is 1. The van der Waals surface area contributed by atoms with Crippen LogP contribution in [-0.2, 0) is 9.59 Å². The highest BCUT2D eigenvalue weighted by molar-refractivity contribution is 5.84. The molecule has 0 aromatic carbocycles. The van der Waals surface area contributed by atoms with Crippen LogP contribution in [0, 0.1) is 0 Å². The second-order valence-corrected chi connectivity index (χ2v) is 12.6. The van der Waals surface area contributed by atoms with E-state index in [0.717, 1.165) is 38.5 Å².